The zero-order chi connectivity index (χ0) is 12.2. The van der Waals surface area contributed by atoms with E-state index in [0.29, 0.717) is 19.6 Å². The average Bonchev–Trinajstić information content (AvgIpc) is 2.65. The molecule has 16 heavy (non-hydrogen) atoms. The highest BCUT2D eigenvalue weighted by molar-refractivity contribution is 7.87. The zero-order valence-electron chi connectivity index (χ0n) is 10.4. The van der Waals surface area contributed by atoms with Gasteiger partial charge in [-0.3, -0.25) is 0 Å². The first-order valence-corrected chi connectivity index (χ1v) is 7.37. The molecular formula is C10H23N3O2S. The van der Waals surface area contributed by atoms with Crippen molar-refractivity contribution >= 4 is 10.2 Å². The molecule has 5 nitrogen and oxygen atoms in total. The molecule has 0 amide bonds. The molecule has 1 saturated heterocycles. The third-order valence-electron chi connectivity index (χ3n) is 3.15. The van der Waals surface area contributed by atoms with Crippen molar-refractivity contribution in [3.63, 3.8) is 0 Å². The minimum absolute atomic E-state index is 0.0831. The van der Waals surface area contributed by atoms with E-state index in [1.54, 1.807) is 0 Å². The lowest BCUT2D eigenvalue weighted by Gasteiger charge is -2.27. The van der Waals surface area contributed by atoms with E-state index in [9.17, 15) is 8.42 Å². The highest BCUT2D eigenvalue weighted by atomic mass is 32.2. The Bertz CT molecular complexity index is 306. The van der Waals surface area contributed by atoms with Gasteiger partial charge in [-0.05, 0) is 26.3 Å². The molecule has 2 N–H and O–H groups in total. The summed E-state index contributed by atoms with van der Waals surface area (Å²) < 4.78 is 27.9. The Morgan fingerprint density at radius 3 is 2.44 bits per heavy atom. The third kappa shape index (κ3) is 3.41. The zero-order valence-corrected chi connectivity index (χ0v) is 11.2. The Morgan fingerprint density at radius 2 is 2.00 bits per heavy atom. The van der Waals surface area contributed by atoms with Gasteiger partial charge in [0, 0.05) is 25.2 Å². The quantitative estimate of drug-likeness (QED) is 0.712. The van der Waals surface area contributed by atoms with Gasteiger partial charge >= 0.3 is 0 Å². The molecule has 0 aromatic carbocycles. The molecule has 0 radical (unpaired) electrons. The van der Waals surface area contributed by atoms with Gasteiger partial charge in [0.1, 0.15) is 0 Å². The van der Waals surface area contributed by atoms with E-state index in [4.69, 9.17) is 0 Å². The van der Waals surface area contributed by atoms with Crippen LogP contribution in [0.1, 0.15) is 33.6 Å². The second-order valence-electron chi connectivity index (χ2n) is 4.50. The normalized spacial score (nSPS) is 26.5. The maximum atomic E-state index is 11.9. The molecule has 0 spiro atoms. The molecule has 0 bridgehead atoms. The van der Waals surface area contributed by atoms with Gasteiger partial charge in [0.15, 0.2) is 0 Å². The average molecular weight is 249 g/mol. The monoisotopic (exact) mass is 249 g/mol. The van der Waals surface area contributed by atoms with Crippen LogP contribution >= 0.6 is 0 Å². The van der Waals surface area contributed by atoms with Crippen molar-refractivity contribution in [1.82, 2.24) is 14.3 Å². The van der Waals surface area contributed by atoms with Gasteiger partial charge in [-0.2, -0.15) is 12.7 Å². The van der Waals surface area contributed by atoms with Gasteiger partial charge in [-0.25, -0.2) is 4.72 Å². The Kier molecular flexibility index (Phi) is 4.73. The van der Waals surface area contributed by atoms with Crippen LogP contribution in [0.15, 0.2) is 0 Å². The molecule has 1 atom stereocenters. The predicted octanol–water partition coefficient (Wildman–Crippen LogP) is 0.305. The fourth-order valence-electron chi connectivity index (χ4n) is 2.01. The number of hydrogen-bond acceptors (Lipinski definition) is 3. The van der Waals surface area contributed by atoms with E-state index in [2.05, 4.69) is 17.0 Å². The second kappa shape index (κ2) is 5.44. The topological polar surface area (TPSA) is 61.4 Å². The molecular weight excluding hydrogens is 226 g/mol. The SMILES string of the molecule is CCN(CC)S(=O)(=O)NCC1(C)CCCN1. The molecule has 0 aromatic heterocycles. The minimum Gasteiger partial charge on any atom is -0.310 e. The van der Waals surface area contributed by atoms with Gasteiger partial charge in [0.25, 0.3) is 10.2 Å². The molecule has 0 aromatic rings. The largest absolute Gasteiger partial charge is 0.310 e. The van der Waals surface area contributed by atoms with Gasteiger partial charge in [-0.1, -0.05) is 13.8 Å². The van der Waals surface area contributed by atoms with Gasteiger partial charge in [-0.15, -0.1) is 0 Å². The van der Waals surface area contributed by atoms with Crippen LogP contribution in [-0.2, 0) is 10.2 Å². The van der Waals surface area contributed by atoms with Gasteiger partial charge < -0.3 is 5.32 Å². The highest BCUT2D eigenvalue weighted by Crippen LogP contribution is 2.17. The van der Waals surface area contributed by atoms with Gasteiger partial charge in [0.2, 0.25) is 0 Å². The van der Waals surface area contributed by atoms with Crippen LogP contribution < -0.4 is 10.0 Å². The van der Waals surface area contributed by atoms with Crippen molar-refractivity contribution in [1.29, 1.82) is 0 Å². The van der Waals surface area contributed by atoms with Crippen LogP contribution in [0.2, 0.25) is 0 Å². The lowest BCUT2D eigenvalue weighted by molar-refractivity contribution is 0.389. The summed E-state index contributed by atoms with van der Waals surface area (Å²) in [6, 6.07) is 0. The van der Waals surface area contributed by atoms with E-state index in [1.165, 1.54) is 4.31 Å². The lowest BCUT2D eigenvalue weighted by Crippen LogP contribution is -2.50. The molecule has 1 fully saturated rings. The molecule has 1 aliphatic rings. The van der Waals surface area contributed by atoms with E-state index in [1.807, 2.05) is 13.8 Å². The smallest absolute Gasteiger partial charge is 0.279 e. The molecule has 0 aliphatic carbocycles. The molecule has 1 aliphatic heterocycles. The van der Waals surface area contributed by atoms with Crippen LogP contribution in [0.25, 0.3) is 0 Å². The molecule has 1 rings (SSSR count). The second-order valence-corrected chi connectivity index (χ2v) is 6.26. The Balaban J connectivity index is 2.53. The van der Waals surface area contributed by atoms with Crippen LogP contribution in [0.3, 0.4) is 0 Å². The minimum atomic E-state index is -3.30. The number of nitrogens with zero attached hydrogens (tertiary/aromatic N) is 1. The molecule has 0 saturated carbocycles. The summed E-state index contributed by atoms with van der Waals surface area (Å²) >= 11 is 0. The summed E-state index contributed by atoms with van der Waals surface area (Å²) in [7, 11) is -3.30. The predicted molar refractivity (Wildman–Crippen MR) is 65.5 cm³/mol. The van der Waals surface area contributed by atoms with Gasteiger partial charge in [0.05, 0.1) is 0 Å². The van der Waals surface area contributed by atoms with Crippen LogP contribution in [-0.4, -0.2) is 44.4 Å². The first-order valence-electron chi connectivity index (χ1n) is 5.93. The fraction of sp³-hybridized carbons (Fsp3) is 1.00. The molecule has 6 heteroatoms. The summed E-state index contributed by atoms with van der Waals surface area (Å²) in [5.41, 5.74) is -0.0831. The summed E-state index contributed by atoms with van der Waals surface area (Å²) in [4.78, 5) is 0. The first-order chi connectivity index (χ1) is 7.43. The molecule has 96 valence electrons. The maximum Gasteiger partial charge on any atom is 0.279 e. The van der Waals surface area contributed by atoms with Crippen molar-refractivity contribution in [2.75, 3.05) is 26.2 Å². The molecule has 1 unspecified atom stereocenters. The Hall–Kier alpha value is -0.170. The van der Waals surface area contributed by atoms with Crippen LogP contribution in [0.5, 0.6) is 0 Å². The Morgan fingerprint density at radius 1 is 1.38 bits per heavy atom. The Labute approximate surface area is 98.8 Å². The van der Waals surface area contributed by atoms with Crippen molar-refractivity contribution < 1.29 is 8.42 Å². The van der Waals surface area contributed by atoms with Crippen molar-refractivity contribution in [3.8, 4) is 0 Å². The number of rotatable bonds is 6. The number of nitrogens with one attached hydrogen (secondary N) is 2. The number of hydrogen-bond donors (Lipinski definition) is 2. The van der Waals surface area contributed by atoms with E-state index in [-0.39, 0.29) is 5.54 Å². The summed E-state index contributed by atoms with van der Waals surface area (Å²) in [6.45, 7) is 8.21. The summed E-state index contributed by atoms with van der Waals surface area (Å²) in [5.74, 6) is 0. The van der Waals surface area contributed by atoms with Crippen molar-refractivity contribution in [2.45, 2.75) is 39.2 Å². The lowest BCUT2D eigenvalue weighted by atomic mass is 10.0. The first kappa shape index (κ1) is 13.9. The van der Waals surface area contributed by atoms with Crippen molar-refractivity contribution in [3.05, 3.63) is 0 Å². The van der Waals surface area contributed by atoms with Crippen LogP contribution in [0.4, 0.5) is 0 Å². The molecule has 1 heterocycles. The van der Waals surface area contributed by atoms with E-state index < -0.39 is 10.2 Å². The maximum absolute atomic E-state index is 11.9. The summed E-state index contributed by atoms with van der Waals surface area (Å²) in [5, 5.41) is 3.34. The fourth-order valence-corrected chi connectivity index (χ4v) is 3.38. The summed E-state index contributed by atoms with van der Waals surface area (Å²) in [6.07, 6.45) is 2.14. The standard InChI is InChI=1S/C10H23N3O2S/c1-4-13(5-2)16(14,15)12-9-10(3)7-6-8-11-10/h11-12H,4-9H2,1-3H3. The third-order valence-corrected chi connectivity index (χ3v) is 4.85. The van der Waals surface area contributed by atoms with Crippen LogP contribution in [0, 0.1) is 0 Å². The van der Waals surface area contributed by atoms with E-state index in [0.717, 1.165) is 19.4 Å². The highest BCUT2D eigenvalue weighted by Gasteiger charge is 2.30. The van der Waals surface area contributed by atoms with Crippen molar-refractivity contribution in [2.24, 2.45) is 0 Å². The van der Waals surface area contributed by atoms with E-state index >= 15 is 0 Å².